The number of aromatic nitrogens is 1. The van der Waals surface area contributed by atoms with Gasteiger partial charge in [0, 0.05) is 22.9 Å². The van der Waals surface area contributed by atoms with Gasteiger partial charge in [0.25, 0.3) is 0 Å². The van der Waals surface area contributed by atoms with Crippen LogP contribution < -0.4 is 5.73 Å². The molecule has 1 amide bonds. The molecule has 3 nitrogen and oxygen atoms in total. The van der Waals surface area contributed by atoms with E-state index in [0.29, 0.717) is 27.4 Å². The number of rotatable bonds is 4. The minimum Gasteiger partial charge on any atom is -0.366 e. The van der Waals surface area contributed by atoms with Gasteiger partial charge in [-0.25, -0.2) is 0 Å². The van der Waals surface area contributed by atoms with Crippen molar-refractivity contribution in [3.05, 3.63) is 108 Å². The largest absolute Gasteiger partial charge is 0.416 e. The highest BCUT2D eigenvalue weighted by atomic mass is 19.4. The smallest absolute Gasteiger partial charge is 0.366 e. The Labute approximate surface area is 187 Å². The van der Waals surface area contributed by atoms with Crippen LogP contribution in [0, 0.1) is 6.07 Å². The summed E-state index contributed by atoms with van der Waals surface area (Å²) in [5.74, 6) is -0.570. The van der Waals surface area contributed by atoms with Crippen LogP contribution in [0.5, 0.6) is 0 Å². The van der Waals surface area contributed by atoms with Gasteiger partial charge in [-0.05, 0) is 59.2 Å². The number of carbonyl (C=O) groups excluding carboxylic acids is 1. The molecule has 1 aromatic heterocycles. The Balaban J connectivity index is 1.77. The zero-order valence-electron chi connectivity index (χ0n) is 17.4. The summed E-state index contributed by atoms with van der Waals surface area (Å²) in [5.41, 5.74) is 9.16. The van der Waals surface area contributed by atoms with E-state index >= 15 is 0 Å². The summed E-state index contributed by atoms with van der Waals surface area (Å²) >= 11 is 0. The summed E-state index contributed by atoms with van der Waals surface area (Å²) in [4.78, 5) is 12.1. The predicted octanol–water partition coefficient (Wildman–Crippen LogP) is 6.43. The molecule has 0 saturated heterocycles. The first kappa shape index (κ1) is 20.8. The van der Waals surface area contributed by atoms with Gasteiger partial charge in [0.2, 0.25) is 5.91 Å². The summed E-state index contributed by atoms with van der Waals surface area (Å²) < 4.78 is 41.7. The average molecular weight is 443 g/mol. The van der Waals surface area contributed by atoms with Gasteiger partial charge in [-0.1, -0.05) is 48.5 Å². The van der Waals surface area contributed by atoms with Crippen molar-refractivity contribution in [2.45, 2.75) is 12.7 Å². The van der Waals surface area contributed by atoms with Crippen LogP contribution in [0.2, 0.25) is 0 Å². The van der Waals surface area contributed by atoms with Gasteiger partial charge in [-0.15, -0.1) is 0 Å². The van der Waals surface area contributed by atoms with Gasteiger partial charge in [0.15, 0.2) is 0 Å². The lowest BCUT2D eigenvalue weighted by Gasteiger charge is -2.12. The molecule has 5 rings (SSSR count). The molecule has 0 atom stereocenters. The second-order valence-corrected chi connectivity index (χ2v) is 7.86. The Hall–Kier alpha value is -4.06. The highest BCUT2D eigenvalue weighted by molar-refractivity contribution is 6.18. The van der Waals surface area contributed by atoms with Gasteiger partial charge >= 0.3 is 6.18 Å². The zero-order chi connectivity index (χ0) is 23.2. The van der Waals surface area contributed by atoms with Crippen LogP contribution in [0.4, 0.5) is 13.2 Å². The van der Waals surface area contributed by atoms with Crippen molar-refractivity contribution >= 4 is 27.7 Å². The molecular weight excluding hydrogens is 425 g/mol. The Morgan fingerprint density at radius 3 is 2.36 bits per heavy atom. The van der Waals surface area contributed by atoms with Crippen molar-refractivity contribution in [2.75, 3.05) is 0 Å². The van der Waals surface area contributed by atoms with Gasteiger partial charge in [0.1, 0.15) is 0 Å². The standard InChI is InChI=1S/C27H18F3N2O/c28-27(29,30)20-9-4-6-17(14-20)16-32-23-11-5-10-22(26(31)33)25(23)21-13-12-19(15-24(21)32)18-7-2-1-3-8-18/h1-12,14-15H,16H2,(H2,31,33). The molecule has 163 valence electrons. The maximum atomic E-state index is 13.3. The first-order valence-corrected chi connectivity index (χ1v) is 10.3. The predicted molar refractivity (Wildman–Crippen MR) is 123 cm³/mol. The van der Waals surface area contributed by atoms with Crippen LogP contribution in [-0.2, 0) is 12.7 Å². The highest BCUT2D eigenvalue weighted by Gasteiger charge is 2.30. The summed E-state index contributed by atoms with van der Waals surface area (Å²) in [5, 5.41) is 1.35. The summed E-state index contributed by atoms with van der Waals surface area (Å²) in [6.07, 6.45) is -4.43. The molecule has 4 aromatic carbocycles. The molecule has 0 aliphatic rings. The number of hydrogen-bond acceptors (Lipinski definition) is 1. The second kappa shape index (κ2) is 7.81. The number of nitrogens with zero attached hydrogens (tertiary/aromatic N) is 1. The van der Waals surface area contributed by atoms with Gasteiger partial charge in [0.05, 0.1) is 16.6 Å². The number of halogens is 3. The topological polar surface area (TPSA) is 48.0 Å². The van der Waals surface area contributed by atoms with Crippen molar-refractivity contribution in [1.29, 1.82) is 0 Å². The van der Waals surface area contributed by atoms with E-state index in [1.54, 1.807) is 18.2 Å². The van der Waals surface area contributed by atoms with Crippen molar-refractivity contribution in [1.82, 2.24) is 4.57 Å². The third kappa shape index (κ3) is 3.74. The number of carbonyl (C=O) groups is 1. The van der Waals surface area contributed by atoms with Crippen LogP contribution in [0.1, 0.15) is 21.5 Å². The molecule has 2 N–H and O–H groups in total. The maximum Gasteiger partial charge on any atom is 0.416 e. The first-order valence-electron chi connectivity index (χ1n) is 10.3. The van der Waals surface area contributed by atoms with Gasteiger partial charge < -0.3 is 10.3 Å². The van der Waals surface area contributed by atoms with E-state index in [2.05, 4.69) is 6.07 Å². The van der Waals surface area contributed by atoms with Crippen molar-refractivity contribution < 1.29 is 18.0 Å². The molecule has 0 saturated carbocycles. The monoisotopic (exact) mass is 443 g/mol. The number of nitrogens with two attached hydrogens (primary N) is 1. The molecule has 1 radical (unpaired) electrons. The van der Waals surface area contributed by atoms with Gasteiger partial charge in [-0.3, -0.25) is 4.79 Å². The molecule has 0 aliphatic heterocycles. The van der Waals surface area contributed by atoms with E-state index in [9.17, 15) is 18.0 Å². The molecule has 0 fully saturated rings. The average Bonchev–Trinajstić information content (AvgIpc) is 3.12. The molecule has 0 bridgehead atoms. The van der Waals surface area contributed by atoms with Crippen LogP contribution in [-0.4, -0.2) is 10.5 Å². The number of hydrogen-bond donors (Lipinski definition) is 1. The fraction of sp³-hybridized carbons (Fsp3) is 0.0741. The summed E-state index contributed by atoms with van der Waals surface area (Å²) in [6.45, 7) is 0.193. The Kier molecular flexibility index (Phi) is 4.93. The molecule has 5 aromatic rings. The number of fused-ring (bicyclic) bond motifs is 3. The van der Waals surface area contributed by atoms with E-state index in [1.807, 2.05) is 53.1 Å². The Morgan fingerprint density at radius 1 is 0.879 bits per heavy atom. The minimum atomic E-state index is -4.43. The third-order valence-corrected chi connectivity index (χ3v) is 5.76. The van der Waals surface area contributed by atoms with Crippen molar-refractivity contribution in [3.63, 3.8) is 0 Å². The van der Waals surface area contributed by atoms with Crippen LogP contribution in [0.3, 0.4) is 0 Å². The Bertz CT molecular complexity index is 1500. The van der Waals surface area contributed by atoms with Crippen molar-refractivity contribution in [3.8, 4) is 11.1 Å². The lowest BCUT2D eigenvalue weighted by molar-refractivity contribution is -0.137. The molecule has 0 aliphatic carbocycles. The molecule has 33 heavy (non-hydrogen) atoms. The molecule has 1 heterocycles. The normalized spacial score (nSPS) is 11.8. The van der Waals surface area contributed by atoms with Crippen molar-refractivity contribution in [2.24, 2.45) is 5.73 Å². The molecule has 0 unspecified atom stereocenters. The second-order valence-electron chi connectivity index (χ2n) is 7.86. The zero-order valence-corrected chi connectivity index (χ0v) is 17.4. The lowest BCUT2D eigenvalue weighted by atomic mass is 10.0. The van der Waals surface area contributed by atoms with Gasteiger partial charge in [-0.2, -0.15) is 13.2 Å². The fourth-order valence-electron chi connectivity index (χ4n) is 4.26. The number of amides is 1. The number of alkyl halides is 3. The lowest BCUT2D eigenvalue weighted by Crippen LogP contribution is -2.11. The Morgan fingerprint density at radius 2 is 1.64 bits per heavy atom. The van der Waals surface area contributed by atoms with Crippen LogP contribution >= 0.6 is 0 Å². The van der Waals surface area contributed by atoms with Crippen LogP contribution in [0.15, 0.2) is 84.9 Å². The van der Waals surface area contributed by atoms with E-state index < -0.39 is 17.6 Å². The summed E-state index contributed by atoms with van der Waals surface area (Å²) in [7, 11) is 0. The quantitative estimate of drug-likeness (QED) is 0.342. The van der Waals surface area contributed by atoms with Crippen LogP contribution in [0.25, 0.3) is 32.9 Å². The first-order chi connectivity index (χ1) is 15.8. The molecule has 0 spiro atoms. The third-order valence-electron chi connectivity index (χ3n) is 5.76. The number of benzene rings is 4. The van der Waals surface area contributed by atoms with E-state index in [1.165, 1.54) is 6.07 Å². The van der Waals surface area contributed by atoms with E-state index in [-0.39, 0.29) is 6.54 Å². The summed E-state index contributed by atoms with van der Waals surface area (Å²) in [6, 6.07) is 27.3. The number of primary amides is 1. The fourth-order valence-corrected chi connectivity index (χ4v) is 4.26. The maximum absolute atomic E-state index is 13.3. The SMILES string of the molecule is NC(=O)c1cccc2c1c1[c]cc(-c3ccccc3)cc1n2Cc1cccc(C(F)(F)F)c1. The molecule has 6 heteroatoms. The van der Waals surface area contributed by atoms with E-state index in [4.69, 9.17) is 5.73 Å². The van der Waals surface area contributed by atoms with E-state index in [0.717, 1.165) is 28.8 Å². The molecular formula is C27H18F3N2O. The minimum absolute atomic E-state index is 0.193. The highest BCUT2D eigenvalue weighted by Crippen LogP contribution is 2.35.